The Balaban J connectivity index is 2.12. The fourth-order valence-electron chi connectivity index (χ4n) is 2.96. The summed E-state index contributed by atoms with van der Waals surface area (Å²) < 4.78 is 8.41. The topological polar surface area (TPSA) is 39.1 Å². The fourth-order valence-corrected chi connectivity index (χ4v) is 3.55. The van der Waals surface area contributed by atoms with E-state index < -0.39 is 0 Å². The summed E-state index contributed by atoms with van der Waals surface area (Å²) in [4.78, 5) is 0. The summed E-state index contributed by atoms with van der Waals surface area (Å²) in [6.45, 7) is 4.86. The van der Waals surface area contributed by atoms with Crippen LogP contribution in [0.3, 0.4) is 0 Å². The minimum Gasteiger partial charge on any atom is -0.383 e. The number of nitrogens with one attached hydrogen (secondary N) is 1. The van der Waals surface area contributed by atoms with Gasteiger partial charge in [0.15, 0.2) is 0 Å². The van der Waals surface area contributed by atoms with Crippen molar-refractivity contribution in [1.82, 2.24) is 15.1 Å². The molecule has 0 aromatic carbocycles. The first-order valence-corrected chi connectivity index (χ1v) is 8.00. The van der Waals surface area contributed by atoms with Crippen molar-refractivity contribution in [1.29, 1.82) is 0 Å². The molecule has 1 aromatic heterocycles. The zero-order valence-electron chi connectivity index (χ0n) is 11.9. The van der Waals surface area contributed by atoms with Crippen molar-refractivity contribution in [3.8, 4) is 0 Å². The Bertz CT molecular complexity index is 394. The highest BCUT2D eigenvalue weighted by atomic mass is 79.9. The number of hydrogen-bond acceptors (Lipinski definition) is 3. The lowest BCUT2D eigenvalue weighted by atomic mass is 9.99. The maximum absolute atomic E-state index is 5.17. The lowest BCUT2D eigenvalue weighted by Gasteiger charge is -2.22. The second-order valence-electron chi connectivity index (χ2n) is 5.19. The van der Waals surface area contributed by atoms with Gasteiger partial charge in [0.25, 0.3) is 0 Å². The molecule has 2 unspecified atom stereocenters. The SMILES string of the molecule is CCCNC1CCCC1c1c(Br)cnn1CCOC. The van der Waals surface area contributed by atoms with Gasteiger partial charge in [0.2, 0.25) is 0 Å². The molecular weight excluding hydrogens is 306 g/mol. The molecule has 1 aliphatic carbocycles. The summed E-state index contributed by atoms with van der Waals surface area (Å²) in [6.07, 6.45) is 6.92. The van der Waals surface area contributed by atoms with Crippen LogP contribution in [0.2, 0.25) is 0 Å². The minimum atomic E-state index is 0.570. The maximum Gasteiger partial charge on any atom is 0.0658 e. The van der Waals surface area contributed by atoms with Crippen molar-refractivity contribution in [3.05, 3.63) is 16.4 Å². The van der Waals surface area contributed by atoms with Gasteiger partial charge in [0, 0.05) is 19.1 Å². The highest BCUT2D eigenvalue weighted by Crippen LogP contribution is 2.38. The van der Waals surface area contributed by atoms with Gasteiger partial charge in [-0.25, -0.2) is 0 Å². The standard InChI is InChI=1S/C14H24BrN3O/c1-3-7-16-13-6-4-5-11(13)14-12(15)10-17-18(14)8-9-19-2/h10-11,13,16H,3-9H2,1-2H3. The minimum absolute atomic E-state index is 0.570. The second kappa shape index (κ2) is 7.41. The Hall–Kier alpha value is -0.390. The van der Waals surface area contributed by atoms with Crippen LogP contribution < -0.4 is 5.32 Å². The predicted molar refractivity (Wildman–Crippen MR) is 80.5 cm³/mol. The van der Waals surface area contributed by atoms with Gasteiger partial charge in [-0.2, -0.15) is 5.10 Å². The Kier molecular flexibility index (Phi) is 5.85. The number of rotatable bonds is 7. The second-order valence-corrected chi connectivity index (χ2v) is 6.05. The van der Waals surface area contributed by atoms with Crippen LogP contribution in [0, 0.1) is 0 Å². The Morgan fingerprint density at radius 3 is 3.11 bits per heavy atom. The molecular formula is C14H24BrN3O. The summed E-state index contributed by atoms with van der Waals surface area (Å²) in [5, 5.41) is 8.16. The van der Waals surface area contributed by atoms with Crippen molar-refractivity contribution in [2.24, 2.45) is 0 Å². The van der Waals surface area contributed by atoms with Crippen molar-refractivity contribution < 1.29 is 4.74 Å². The summed E-state index contributed by atoms with van der Waals surface area (Å²) in [5.74, 6) is 0.570. The molecule has 5 heteroatoms. The van der Waals surface area contributed by atoms with Crippen molar-refractivity contribution in [3.63, 3.8) is 0 Å². The Morgan fingerprint density at radius 2 is 2.37 bits per heavy atom. The number of methoxy groups -OCH3 is 1. The molecule has 1 heterocycles. The average Bonchev–Trinajstić information content (AvgIpc) is 3.00. The van der Waals surface area contributed by atoms with E-state index in [9.17, 15) is 0 Å². The van der Waals surface area contributed by atoms with E-state index in [2.05, 4.69) is 38.0 Å². The van der Waals surface area contributed by atoms with Crippen molar-refractivity contribution >= 4 is 15.9 Å². The first-order valence-electron chi connectivity index (χ1n) is 7.21. The molecule has 0 amide bonds. The van der Waals surface area contributed by atoms with Crippen LogP contribution in [0.15, 0.2) is 10.7 Å². The number of nitrogens with zero attached hydrogens (tertiary/aromatic N) is 2. The molecule has 2 rings (SSSR count). The van der Waals surface area contributed by atoms with E-state index in [0.717, 1.165) is 17.6 Å². The van der Waals surface area contributed by atoms with Gasteiger partial charge in [-0.1, -0.05) is 13.3 Å². The molecule has 108 valence electrons. The Morgan fingerprint density at radius 1 is 1.53 bits per heavy atom. The lowest BCUT2D eigenvalue weighted by molar-refractivity contribution is 0.181. The van der Waals surface area contributed by atoms with Gasteiger partial charge in [-0.05, 0) is 41.7 Å². The summed E-state index contributed by atoms with van der Waals surface area (Å²) >= 11 is 3.66. The third-order valence-corrected chi connectivity index (χ3v) is 4.48. The number of halogens is 1. The maximum atomic E-state index is 5.17. The van der Waals surface area contributed by atoms with Crippen LogP contribution in [0.5, 0.6) is 0 Å². The summed E-state index contributed by atoms with van der Waals surface area (Å²) in [6, 6.07) is 0.592. The largest absolute Gasteiger partial charge is 0.383 e. The molecule has 4 nitrogen and oxygen atoms in total. The molecule has 0 bridgehead atoms. The highest BCUT2D eigenvalue weighted by Gasteiger charge is 2.32. The molecule has 2 atom stereocenters. The third-order valence-electron chi connectivity index (χ3n) is 3.86. The Labute approximate surface area is 124 Å². The molecule has 1 aromatic rings. The predicted octanol–water partition coefficient (Wildman–Crippen LogP) is 2.93. The monoisotopic (exact) mass is 329 g/mol. The van der Waals surface area contributed by atoms with Crippen LogP contribution >= 0.6 is 15.9 Å². The summed E-state index contributed by atoms with van der Waals surface area (Å²) in [7, 11) is 1.74. The lowest BCUT2D eigenvalue weighted by Crippen LogP contribution is -2.33. The van der Waals surface area contributed by atoms with Gasteiger partial charge in [0.1, 0.15) is 0 Å². The van der Waals surface area contributed by atoms with Crippen molar-refractivity contribution in [2.75, 3.05) is 20.3 Å². The van der Waals surface area contributed by atoms with Gasteiger partial charge < -0.3 is 10.1 Å². The van der Waals surface area contributed by atoms with E-state index in [-0.39, 0.29) is 0 Å². The van der Waals surface area contributed by atoms with Gasteiger partial charge in [0.05, 0.1) is 29.5 Å². The van der Waals surface area contributed by atoms with E-state index >= 15 is 0 Å². The van der Waals surface area contributed by atoms with Crippen LogP contribution in [0.1, 0.15) is 44.2 Å². The number of aromatic nitrogens is 2. The molecule has 0 radical (unpaired) electrons. The van der Waals surface area contributed by atoms with E-state index in [0.29, 0.717) is 18.6 Å². The summed E-state index contributed by atoms with van der Waals surface area (Å²) in [5.41, 5.74) is 1.34. The number of ether oxygens (including phenoxy) is 1. The van der Waals surface area contributed by atoms with Crippen LogP contribution in [0.25, 0.3) is 0 Å². The molecule has 1 saturated carbocycles. The van der Waals surface area contributed by atoms with E-state index in [4.69, 9.17) is 4.74 Å². The zero-order chi connectivity index (χ0) is 13.7. The van der Waals surface area contributed by atoms with Gasteiger partial charge in [-0.15, -0.1) is 0 Å². The third kappa shape index (κ3) is 3.58. The van der Waals surface area contributed by atoms with Gasteiger partial charge >= 0.3 is 0 Å². The van der Waals surface area contributed by atoms with Gasteiger partial charge in [-0.3, -0.25) is 4.68 Å². The van der Waals surface area contributed by atoms with Crippen LogP contribution in [-0.4, -0.2) is 36.1 Å². The molecule has 1 fully saturated rings. The molecule has 0 spiro atoms. The van der Waals surface area contributed by atoms with Crippen molar-refractivity contribution in [2.45, 2.75) is 51.1 Å². The smallest absolute Gasteiger partial charge is 0.0658 e. The first kappa shape index (κ1) is 15.0. The normalized spacial score (nSPS) is 23.1. The van der Waals surface area contributed by atoms with E-state index in [1.165, 1.54) is 31.4 Å². The highest BCUT2D eigenvalue weighted by molar-refractivity contribution is 9.10. The van der Waals surface area contributed by atoms with Crippen LogP contribution in [0.4, 0.5) is 0 Å². The molecule has 1 N–H and O–H groups in total. The fraction of sp³-hybridized carbons (Fsp3) is 0.786. The quantitative estimate of drug-likeness (QED) is 0.835. The molecule has 0 saturated heterocycles. The molecule has 0 aliphatic heterocycles. The van der Waals surface area contributed by atoms with E-state index in [1.54, 1.807) is 7.11 Å². The molecule has 19 heavy (non-hydrogen) atoms. The molecule has 1 aliphatic rings. The first-order chi connectivity index (χ1) is 9.27. The van der Waals surface area contributed by atoms with Crippen LogP contribution in [-0.2, 0) is 11.3 Å². The zero-order valence-corrected chi connectivity index (χ0v) is 13.4. The number of hydrogen-bond donors (Lipinski definition) is 1. The van der Waals surface area contributed by atoms with E-state index in [1.807, 2.05) is 6.20 Å². The average molecular weight is 330 g/mol.